The first-order valence-electron chi connectivity index (χ1n) is 6.82. The zero-order valence-electron chi connectivity index (χ0n) is 13.0. The summed E-state index contributed by atoms with van der Waals surface area (Å²) in [5.41, 5.74) is 2.99. The molecule has 0 bridgehead atoms. The fraction of sp³-hybridized carbons (Fsp3) is 0.188. The van der Waals surface area contributed by atoms with Gasteiger partial charge in [0.2, 0.25) is 10.0 Å². The Morgan fingerprint density at radius 2 is 1.78 bits per heavy atom. The summed E-state index contributed by atoms with van der Waals surface area (Å²) in [4.78, 5) is 12.5. The lowest BCUT2D eigenvalue weighted by Crippen LogP contribution is -2.18. The van der Waals surface area contributed by atoms with Crippen LogP contribution in [0, 0.1) is 13.8 Å². The quantitative estimate of drug-likeness (QED) is 0.883. The fourth-order valence-corrected chi connectivity index (χ4v) is 2.82. The predicted molar refractivity (Wildman–Crippen MR) is 93.8 cm³/mol. The number of nitrogens with one attached hydrogen (secondary N) is 2. The number of carbonyl (C=O) groups excluding carboxylic acids is 1. The molecule has 0 aromatic heterocycles. The molecule has 7 heteroatoms. The van der Waals surface area contributed by atoms with Crippen LogP contribution in [0.1, 0.15) is 21.5 Å². The number of carbonyl (C=O) groups is 1. The second-order valence-corrected chi connectivity index (χ2v) is 7.45. The fourth-order valence-electron chi connectivity index (χ4n) is 2.07. The van der Waals surface area contributed by atoms with E-state index in [2.05, 4.69) is 10.0 Å². The minimum Gasteiger partial charge on any atom is -0.322 e. The van der Waals surface area contributed by atoms with Crippen molar-refractivity contribution in [1.82, 2.24) is 0 Å². The topological polar surface area (TPSA) is 75.3 Å². The number of hydrogen-bond acceptors (Lipinski definition) is 3. The molecule has 0 fully saturated rings. The smallest absolute Gasteiger partial charge is 0.257 e. The molecular formula is C16H17ClN2O3S. The molecule has 122 valence electrons. The Bertz CT molecular complexity index is 864. The second-order valence-electron chi connectivity index (χ2n) is 5.27. The summed E-state index contributed by atoms with van der Waals surface area (Å²) in [5.74, 6) is -0.438. The molecule has 2 N–H and O–H groups in total. The largest absolute Gasteiger partial charge is 0.322 e. The molecule has 5 nitrogen and oxygen atoms in total. The van der Waals surface area contributed by atoms with Crippen molar-refractivity contribution in [3.05, 3.63) is 58.1 Å². The van der Waals surface area contributed by atoms with Crippen LogP contribution in [0.3, 0.4) is 0 Å². The number of halogens is 1. The van der Waals surface area contributed by atoms with E-state index < -0.39 is 15.9 Å². The predicted octanol–water partition coefficient (Wildman–Crippen LogP) is 3.58. The van der Waals surface area contributed by atoms with E-state index >= 15 is 0 Å². The summed E-state index contributed by atoms with van der Waals surface area (Å²) in [6.45, 7) is 3.85. The maximum absolute atomic E-state index is 12.5. The molecular weight excluding hydrogens is 336 g/mol. The number of sulfonamides is 1. The van der Waals surface area contributed by atoms with Crippen molar-refractivity contribution < 1.29 is 13.2 Å². The van der Waals surface area contributed by atoms with Crippen LogP contribution in [-0.2, 0) is 10.0 Å². The van der Waals surface area contributed by atoms with E-state index in [4.69, 9.17) is 11.6 Å². The molecule has 0 unspecified atom stereocenters. The zero-order chi connectivity index (χ0) is 17.2. The van der Waals surface area contributed by atoms with E-state index in [9.17, 15) is 13.2 Å². The average Bonchev–Trinajstić information content (AvgIpc) is 2.44. The van der Waals surface area contributed by atoms with Gasteiger partial charge in [0.05, 0.1) is 17.5 Å². The summed E-state index contributed by atoms with van der Waals surface area (Å²) in [6.07, 6.45) is 1.02. The van der Waals surface area contributed by atoms with E-state index in [-0.39, 0.29) is 11.3 Å². The molecule has 1 amide bonds. The second kappa shape index (κ2) is 6.60. The van der Waals surface area contributed by atoms with Crippen molar-refractivity contribution in [3.63, 3.8) is 0 Å². The van der Waals surface area contributed by atoms with Crippen molar-refractivity contribution in [2.24, 2.45) is 0 Å². The van der Waals surface area contributed by atoms with Crippen LogP contribution in [0.2, 0.25) is 5.02 Å². The molecule has 2 aromatic carbocycles. The molecule has 0 saturated heterocycles. The number of anilines is 2. The van der Waals surface area contributed by atoms with Gasteiger partial charge in [-0.3, -0.25) is 9.52 Å². The van der Waals surface area contributed by atoms with Crippen molar-refractivity contribution in [2.75, 3.05) is 16.3 Å². The van der Waals surface area contributed by atoms with Gasteiger partial charge in [0.1, 0.15) is 0 Å². The molecule has 0 aliphatic rings. The van der Waals surface area contributed by atoms with Gasteiger partial charge in [-0.2, -0.15) is 0 Å². The first-order valence-corrected chi connectivity index (χ1v) is 9.09. The molecule has 0 spiro atoms. The van der Waals surface area contributed by atoms with Crippen LogP contribution in [0.5, 0.6) is 0 Å². The van der Waals surface area contributed by atoms with Crippen LogP contribution < -0.4 is 10.0 Å². The SMILES string of the molecule is Cc1cccc(NC(=O)c2cc(Cl)ccc2NS(C)(=O)=O)c1C. The maximum Gasteiger partial charge on any atom is 0.257 e. The lowest BCUT2D eigenvalue weighted by atomic mass is 10.1. The molecule has 2 aromatic rings. The molecule has 0 saturated carbocycles. The monoisotopic (exact) mass is 352 g/mol. The lowest BCUT2D eigenvalue weighted by molar-refractivity contribution is 0.102. The Labute approximate surface area is 140 Å². The van der Waals surface area contributed by atoms with Crippen molar-refractivity contribution in [2.45, 2.75) is 13.8 Å². The lowest BCUT2D eigenvalue weighted by Gasteiger charge is -2.13. The maximum atomic E-state index is 12.5. The zero-order valence-corrected chi connectivity index (χ0v) is 14.5. The van der Waals surface area contributed by atoms with Crippen LogP contribution in [0.4, 0.5) is 11.4 Å². The molecule has 23 heavy (non-hydrogen) atoms. The molecule has 0 aliphatic heterocycles. The Morgan fingerprint density at radius 3 is 2.43 bits per heavy atom. The summed E-state index contributed by atoms with van der Waals surface area (Å²) >= 11 is 5.93. The number of amides is 1. The average molecular weight is 353 g/mol. The highest BCUT2D eigenvalue weighted by atomic mass is 35.5. The third kappa shape index (κ3) is 4.46. The normalized spacial score (nSPS) is 11.1. The third-order valence-corrected chi connectivity index (χ3v) is 4.20. The summed E-state index contributed by atoms with van der Waals surface area (Å²) < 4.78 is 25.2. The molecule has 0 heterocycles. The highest BCUT2D eigenvalue weighted by Gasteiger charge is 2.16. The summed E-state index contributed by atoms with van der Waals surface area (Å²) in [6, 6.07) is 9.97. The first kappa shape index (κ1) is 17.3. The Kier molecular flexibility index (Phi) is 4.97. The van der Waals surface area contributed by atoms with Gasteiger partial charge in [0.25, 0.3) is 5.91 Å². The summed E-state index contributed by atoms with van der Waals surface area (Å²) in [5, 5.41) is 3.13. The molecule has 2 rings (SSSR count). The number of hydrogen-bond donors (Lipinski definition) is 2. The molecule has 0 radical (unpaired) electrons. The number of rotatable bonds is 4. The molecule has 0 atom stereocenters. The Balaban J connectivity index is 2.39. The van der Waals surface area contributed by atoms with E-state index in [1.165, 1.54) is 18.2 Å². The standard InChI is InChI=1S/C16H17ClN2O3S/c1-10-5-4-6-14(11(10)2)18-16(20)13-9-12(17)7-8-15(13)19-23(3,21)22/h4-9,19H,1-3H3,(H,18,20). The van der Waals surface area contributed by atoms with Crippen LogP contribution in [0.15, 0.2) is 36.4 Å². The van der Waals surface area contributed by atoms with Gasteiger partial charge in [-0.1, -0.05) is 23.7 Å². The van der Waals surface area contributed by atoms with Crippen LogP contribution in [0.25, 0.3) is 0 Å². The number of aryl methyl sites for hydroxylation is 1. The Hall–Kier alpha value is -2.05. The van der Waals surface area contributed by atoms with Crippen molar-refractivity contribution >= 4 is 38.9 Å². The van der Waals surface area contributed by atoms with Crippen LogP contribution >= 0.6 is 11.6 Å². The minimum atomic E-state index is -3.51. The van der Waals surface area contributed by atoms with Gasteiger partial charge in [-0.25, -0.2) is 8.42 Å². The van der Waals surface area contributed by atoms with Gasteiger partial charge in [0.15, 0.2) is 0 Å². The van der Waals surface area contributed by atoms with Gasteiger partial charge in [-0.05, 0) is 49.2 Å². The van der Waals surface area contributed by atoms with E-state index in [1.54, 1.807) is 6.07 Å². The van der Waals surface area contributed by atoms with Crippen LogP contribution in [-0.4, -0.2) is 20.6 Å². The van der Waals surface area contributed by atoms with E-state index in [1.807, 2.05) is 26.0 Å². The van der Waals surface area contributed by atoms with Gasteiger partial charge in [-0.15, -0.1) is 0 Å². The molecule has 0 aliphatic carbocycles. The first-order chi connectivity index (χ1) is 10.7. The number of benzene rings is 2. The van der Waals surface area contributed by atoms with E-state index in [0.717, 1.165) is 17.4 Å². The Morgan fingerprint density at radius 1 is 1.09 bits per heavy atom. The summed E-state index contributed by atoms with van der Waals surface area (Å²) in [7, 11) is -3.51. The highest BCUT2D eigenvalue weighted by molar-refractivity contribution is 7.92. The van der Waals surface area contributed by atoms with Gasteiger partial charge < -0.3 is 5.32 Å². The third-order valence-electron chi connectivity index (χ3n) is 3.37. The minimum absolute atomic E-state index is 0.156. The van der Waals surface area contributed by atoms with Gasteiger partial charge >= 0.3 is 0 Å². The van der Waals surface area contributed by atoms with E-state index in [0.29, 0.717) is 10.7 Å². The highest BCUT2D eigenvalue weighted by Crippen LogP contribution is 2.24. The van der Waals surface area contributed by atoms with Crippen molar-refractivity contribution in [3.8, 4) is 0 Å². The van der Waals surface area contributed by atoms with Gasteiger partial charge in [0, 0.05) is 10.7 Å². The van der Waals surface area contributed by atoms with Crippen molar-refractivity contribution in [1.29, 1.82) is 0 Å².